The molecule has 2 heteroatoms. The highest BCUT2D eigenvalue weighted by Gasteiger charge is 2.18. The summed E-state index contributed by atoms with van der Waals surface area (Å²) in [7, 11) is 0. The van der Waals surface area contributed by atoms with Crippen LogP contribution in [0.1, 0.15) is 26.7 Å². The van der Waals surface area contributed by atoms with Crippen LogP contribution in [0.5, 0.6) is 0 Å². The number of carbonyl (C=O) groups excluding carboxylic acids is 1. The molecule has 2 unspecified atom stereocenters. The molecule has 61 valence electrons. The van der Waals surface area contributed by atoms with Crippen molar-refractivity contribution in [3.05, 3.63) is 11.6 Å². The molecule has 1 radical (unpaired) electrons. The largest absolute Gasteiger partial charge is 0.454 e. The Morgan fingerprint density at radius 2 is 2.45 bits per heavy atom. The third kappa shape index (κ3) is 2.37. The third-order valence-electron chi connectivity index (χ3n) is 1.97. The van der Waals surface area contributed by atoms with E-state index < -0.39 is 0 Å². The minimum Gasteiger partial charge on any atom is -0.454 e. The van der Waals surface area contributed by atoms with Crippen LogP contribution in [0.2, 0.25) is 0 Å². The van der Waals surface area contributed by atoms with Crippen molar-refractivity contribution in [2.45, 2.75) is 32.8 Å². The van der Waals surface area contributed by atoms with Gasteiger partial charge in [0, 0.05) is 6.42 Å². The van der Waals surface area contributed by atoms with Crippen molar-refractivity contribution in [2.75, 3.05) is 0 Å². The summed E-state index contributed by atoms with van der Waals surface area (Å²) < 4.78 is 4.78. The van der Waals surface area contributed by atoms with Crippen LogP contribution >= 0.6 is 0 Å². The highest BCUT2D eigenvalue weighted by molar-refractivity contribution is 5.39. The Morgan fingerprint density at radius 3 is 3.00 bits per heavy atom. The molecular weight excluding hydrogens is 140 g/mol. The molecule has 0 N–H and O–H groups in total. The maximum atomic E-state index is 9.92. The van der Waals surface area contributed by atoms with Crippen LogP contribution in [0, 0.1) is 5.92 Å². The van der Waals surface area contributed by atoms with Crippen molar-refractivity contribution in [3.63, 3.8) is 0 Å². The Kier molecular flexibility index (Phi) is 2.69. The van der Waals surface area contributed by atoms with Crippen molar-refractivity contribution < 1.29 is 9.53 Å². The molecule has 1 aliphatic rings. The van der Waals surface area contributed by atoms with E-state index in [0.29, 0.717) is 5.92 Å². The topological polar surface area (TPSA) is 26.3 Å². The Hall–Kier alpha value is -0.790. The minimum absolute atomic E-state index is 0.0625. The molecule has 2 nitrogen and oxygen atoms in total. The monoisotopic (exact) mass is 153 g/mol. The van der Waals surface area contributed by atoms with Crippen molar-refractivity contribution in [3.8, 4) is 0 Å². The molecule has 0 aliphatic heterocycles. The molecule has 1 rings (SSSR count). The zero-order chi connectivity index (χ0) is 8.27. The molecule has 0 amide bonds. The van der Waals surface area contributed by atoms with E-state index in [1.165, 1.54) is 12.0 Å². The second-order valence-corrected chi connectivity index (χ2v) is 3.25. The van der Waals surface area contributed by atoms with Gasteiger partial charge in [-0.25, -0.2) is 4.79 Å². The smallest absolute Gasteiger partial charge is 0.417 e. The lowest BCUT2D eigenvalue weighted by Crippen LogP contribution is -2.19. The van der Waals surface area contributed by atoms with Crippen molar-refractivity contribution >= 4 is 6.47 Å². The van der Waals surface area contributed by atoms with Crippen LogP contribution in [-0.2, 0) is 9.53 Å². The maximum absolute atomic E-state index is 9.92. The third-order valence-corrected chi connectivity index (χ3v) is 1.97. The van der Waals surface area contributed by atoms with E-state index in [1.54, 1.807) is 0 Å². The Morgan fingerprint density at radius 1 is 1.73 bits per heavy atom. The van der Waals surface area contributed by atoms with Gasteiger partial charge in [-0.3, -0.25) is 0 Å². The number of hydrogen-bond donors (Lipinski definition) is 0. The first-order chi connectivity index (χ1) is 5.22. The molecule has 11 heavy (non-hydrogen) atoms. The lowest BCUT2D eigenvalue weighted by atomic mass is 9.90. The second kappa shape index (κ2) is 3.56. The average Bonchev–Trinajstić information content (AvgIpc) is 1.85. The molecule has 0 saturated heterocycles. The molecule has 0 aromatic rings. The number of allylic oxidation sites excluding steroid dienone is 1. The van der Waals surface area contributed by atoms with Gasteiger partial charge in [0.15, 0.2) is 0 Å². The van der Waals surface area contributed by atoms with E-state index in [9.17, 15) is 4.79 Å². The lowest BCUT2D eigenvalue weighted by Gasteiger charge is -2.22. The maximum Gasteiger partial charge on any atom is 0.417 e. The molecule has 0 saturated carbocycles. The van der Waals surface area contributed by atoms with E-state index in [0.717, 1.165) is 12.8 Å². The van der Waals surface area contributed by atoms with Crippen LogP contribution in [0.15, 0.2) is 11.6 Å². The van der Waals surface area contributed by atoms with Gasteiger partial charge in [0.1, 0.15) is 6.10 Å². The van der Waals surface area contributed by atoms with E-state index in [4.69, 9.17) is 4.74 Å². The van der Waals surface area contributed by atoms with Gasteiger partial charge in [0.2, 0.25) is 0 Å². The minimum atomic E-state index is 0.0625. The van der Waals surface area contributed by atoms with Crippen LogP contribution in [0.25, 0.3) is 0 Å². The molecule has 0 spiro atoms. The number of rotatable bonds is 2. The van der Waals surface area contributed by atoms with Gasteiger partial charge in [-0.15, -0.1) is 0 Å². The second-order valence-electron chi connectivity index (χ2n) is 3.25. The summed E-state index contributed by atoms with van der Waals surface area (Å²) >= 11 is 0. The fourth-order valence-electron chi connectivity index (χ4n) is 1.64. The number of hydrogen-bond acceptors (Lipinski definition) is 2. The first kappa shape index (κ1) is 8.31. The first-order valence-corrected chi connectivity index (χ1v) is 3.92. The Balaban J connectivity index is 2.49. The predicted octanol–water partition coefficient (Wildman–Crippen LogP) is 1.81. The summed E-state index contributed by atoms with van der Waals surface area (Å²) in [4.78, 5) is 9.92. The molecule has 0 fully saturated rings. The van der Waals surface area contributed by atoms with Crippen molar-refractivity contribution in [1.82, 2.24) is 0 Å². The van der Waals surface area contributed by atoms with E-state index in [1.807, 2.05) is 0 Å². The highest BCUT2D eigenvalue weighted by atomic mass is 16.5. The van der Waals surface area contributed by atoms with Gasteiger partial charge in [-0.2, -0.15) is 0 Å². The lowest BCUT2D eigenvalue weighted by molar-refractivity contribution is 0.150. The van der Waals surface area contributed by atoms with E-state index in [2.05, 4.69) is 19.9 Å². The fraction of sp³-hybridized carbons (Fsp3) is 0.667. The average molecular weight is 153 g/mol. The van der Waals surface area contributed by atoms with Crippen LogP contribution in [0.3, 0.4) is 0 Å². The van der Waals surface area contributed by atoms with Crippen LogP contribution in [-0.4, -0.2) is 12.6 Å². The fourth-order valence-corrected chi connectivity index (χ4v) is 1.64. The summed E-state index contributed by atoms with van der Waals surface area (Å²) in [6.45, 7) is 5.70. The van der Waals surface area contributed by atoms with Gasteiger partial charge in [-0.05, 0) is 19.3 Å². The summed E-state index contributed by atoms with van der Waals surface area (Å²) in [5.41, 5.74) is 1.31. The summed E-state index contributed by atoms with van der Waals surface area (Å²) in [6, 6.07) is 0. The number of ether oxygens (including phenoxy) is 1. The quantitative estimate of drug-likeness (QED) is 0.565. The molecular formula is C9H13O2. The van der Waals surface area contributed by atoms with Crippen LogP contribution < -0.4 is 0 Å². The summed E-state index contributed by atoms with van der Waals surface area (Å²) in [5, 5.41) is 0. The molecule has 0 bridgehead atoms. The predicted molar refractivity (Wildman–Crippen MR) is 42.7 cm³/mol. The van der Waals surface area contributed by atoms with Crippen molar-refractivity contribution in [1.29, 1.82) is 0 Å². The van der Waals surface area contributed by atoms with Gasteiger partial charge in [-0.1, -0.05) is 18.6 Å². The van der Waals surface area contributed by atoms with Gasteiger partial charge in [0.25, 0.3) is 0 Å². The molecule has 0 aromatic heterocycles. The molecule has 0 heterocycles. The van der Waals surface area contributed by atoms with Crippen LogP contribution in [0.4, 0.5) is 0 Å². The Labute approximate surface area is 67.2 Å². The van der Waals surface area contributed by atoms with Gasteiger partial charge in [0.05, 0.1) is 0 Å². The zero-order valence-corrected chi connectivity index (χ0v) is 6.96. The molecule has 1 aliphatic carbocycles. The zero-order valence-electron chi connectivity index (χ0n) is 6.96. The molecule has 2 atom stereocenters. The molecule has 0 aromatic carbocycles. The SMILES string of the molecule is CC1=CC(C)CC(O[C]=O)C1. The van der Waals surface area contributed by atoms with Gasteiger partial charge >= 0.3 is 6.47 Å². The van der Waals surface area contributed by atoms with E-state index in [-0.39, 0.29) is 6.10 Å². The summed E-state index contributed by atoms with van der Waals surface area (Å²) in [5.74, 6) is 0.530. The Bertz CT molecular complexity index is 172. The highest BCUT2D eigenvalue weighted by Crippen LogP contribution is 2.24. The van der Waals surface area contributed by atoms with E-state index >= 15 is 0 Å². The normalized spacial score (nSPS) is 30.9. The van der Waals surface area contributed by atoms with Crippen molar-refractivity contribution in [2.24, 2.45) is 5.92 Å². The van der Waals surface area contributed by atoms with Gasteiger partial charge < -0.3 is 4.74 Å². The summed E-state index contributed by atoms with van der Waals surface area (Å²) in [6.07, 6.45) is 4.10. The standard InChI is InChI=1S/C9H13O2/c1-7-3-8(2)5-9(4-7)11-6-10/h3,7,9H,4-5H2,1-2H3. The first-order valence-electron chi connectivity index (χ1n) is 3.92.